The second-order valence-corrected chi connectivity index (χ2v) is 9.83. The summed E-state index contributed by atoms with van der Waals surface area (Å²) in [6.45, 7) is 6.32. The molecule has 0 spiro atoms. The van der Waals surface area contributed by atoms with Crippen LogP contribution >= 0.6 is 11.8 Å². The Morgan fingerprint density at radius 1 is 1.29 bits per heavy atom. The van der Waals surface area contributed by atoms with Gasteiger partial charge in [0.25, 0.3) is 5.24 Å². The smallest absolute Gasteiger partial charge is 0.330 e. The van der Waals surface area contributed by atoms with Gasteiger partial charge in [-0.15, -0.1) is 0 Å². The van der Waals surface area contributed by atoms with Crippen LogP contribution in [0.3, 0.4) is 0 Å². The number of fused-ring (bicyclic) bond motifs is 2. The van der Waals surface area contributed by atoms with Gasteiger partial charge in [-0.3, -0.25) is 4.79 Å². The number of amides is 1. The van der Waals surface area contributed by atoms with Crippen molar-refractivity contribution in [1.29, 1.82) is 0 Å². The number of thioether (sulfide) groups is 1. The third-order valence-electron chi connectivity index (χ3n) is 5.67. The van der Waals surface area contributed by atoms with Crippen molar-refractivity contribution in [3.63, 3.8) is 0 Å². The third-order valence-corrected chi connectivity index (χ3v) is 6.55. The average molecular weight is 410 g/mol. The van der Waals surface area contributed by atoms with Gasteiger partial charge in [0.2, 0.25) is 0 Å². The van der Waals surface area contributed by atoms with Crippen molar-refractivity contribution >= 4 is 23.0 Å². The van der Waals surface area contributed by atoms with E-state index < -0.39 is 17.9 Å². The van der Waals surface area contributed by atoms with Crippen molar-refractivity contribution < 1.29 is 24.2 Å². The molecule has 3 unspecified atom stereocenters. The van der Waals surface area contributed by atoms with E-state index >= 15 is 0 Å². The number of allylic oxidation sites excluding steroid dienone is 3. The minimum absolute atomic E-state index is 0.0181. The molecule has 4 atom stereocenters. The van der Waals surface area contributed by atoms with Crippen LogP contribution in [-0.2, 0) is 14.3 Å². The van der Waals surface area contributed by atoms with Crippen LogP contribution in [0, 0.1) is 5.41 Å². The summed E-state index contributed by atoms with van der Waals surface area (Å²) in [5.74, 6) is -1.46. The molecule has 1 amide bonds. The Labute approximate surface area is 171 Å². The first-order valence-corrected chi connectivity index (χ1v) is 11.0. The molecule has 0 aromatic rings. The highest BCUT2D eigenvalue weighted by Crippen LogP contribution is 2.38. The first-order valence-electron chi connectivity index (χ1n) is 10.0. The maximum Gasteiger partial charge on any atom is 0.330 e. The zero-order chi connectivity index (χ0) is 20.4. The first kappa shape index (κ1) is 21.4. The maximum atomic E-state index is 12.3. The molecule has 0 aromatic heterocycles. The Morgan fingerprint density at radius 3 is 2.79 bits per heavy atom. The van der Waals surface area contributed by atoms with Crippen LogP contribution in [0.5, 0.6) is 0 Å². The molecular weight excluding hydrogens is 378 g/mol. The lowest BCUT2D eigenvalue weighted by molar-refractivity contribution is -0.284. The van der Waals surface area contributed by atoms with Gasteiger partial charge in [-0.05, 0) is 38.0 Å². The predicted octanol–water partition coefficient (Wildman–Crippen LogP) is 3.69. The van der Waals surface area contributed by atoms with E-state index in [0.29, 0.717) is 12.2 Å². The molecule has 3 rings (SSSR count). The van der Waals surface area contributed by atoms with Gasteiger partial charge in [0.05, 0.1) is 12.1 Å². The van der Waals surface area contributed by atoms with Gasteiger partial charge < -0.3 is 19.9 Å². The molecule has 156 valence electrons. The minimum Gasteiger partial charge on any atom is -0.459 e. The second kappa shape index (κ2) is 8.59. The Hall–Kier alpha value is -1.31. The van der Waals surface area contributed by atoms with Crippen molar-refractivity contribution in [2.75, 3.05) is 5.75 Å². The molecular formula is C21H31NO5S. The SMILES string of the molecule is C/C1=C/C(=O)OC2C[C@@H](CCC(C)(C)/C=C\CC1)OC(O)(C1CSC(=O)N1)C2. The number of nitrogens with one attached hydrogen (secondary N) is 1. The lowest BCUT2D eigenvalue weighted by atomic mass is 9.83. The zero-order valence-corrected chi connectivity index (χ0v) is 17.7. The minimum atomic E-state index is -1.52. The van der Waals surface area contributed by atoms with Crippen molar-refractivity contribution in [2.45, 2.75) is 83.3 Å². The van der Waals surface area contributed by atoms with Crippen LogP contribution in [-0.4, -0.2) is 46.1 Å². The van der Waals surface area contributed by atoms with Gasteiger partial charge in [-0.2, -0.15) is 0 Å². The quantitative estimate of drug-likeness (QED) is 0.507. The van der Waals surface area contributed by atoms with E-state index in [0.717, 1.165) is 43.0 Å². The first-order chi connectivity index (χ1) is 13.2. The second-order valence-electron chi connectivity index (χ2n) is 8.84. The van der Waals surface area contributed by atoms with E-state index in [9.17, 15) is 14.7 Å². The van der Waals surface area contributed by atoms with Crippen molar-refractivity contribution in [3.05, 3.63) is 23.8 Å². The van der Waals surface area contributed by atoms with Gasteiger partial charge >= 0.3 is 5.97 Å². The van der Waals surface area contributed by atoms with E-state index in [-0.39, 0.29) is 29.1 Å². The number of carbonyl (C=O) groups excluding carboxylic acids is 2. The topological polar surface area (TPSA) is 84.9 Å². The summed E-state index contributed by atoms with van der Waals surface area (Å²) in [6, 6.07) is -0.502. The summed E-state index contributed by atoms with van der Waals surface area (Å²) in [6.07, 6.45) is 9.32. The van der Waals surface area contributed by atoms with Gasteiger partial charge in [0.15, 0.2) is 5.79 Å². The van der Waals surface area contributed by atoms with E-state index in [1.807, 2.05) is 6.92 Å². The van der Waals surface area contributed by atoms with Crippen molar-refractivity contribution in [1.82, 2.24) is 5.32 Å². The van der Waals surface area contributed by atoms with Crippen LogP contribution in [0.1, 0.15) is 59.3 Å². The fraction of sp³-hybridized carbons (Fsp3) is 0.714. The largest absolute Gasteiger partial charge is 0.459 e. The molecule has 3 heterocycles. The molecule has 0 aromatic carbocycles. The number of rotatable bonds is 1. The number of ether oxygens (including phenoxy) is 2. The molecule has 2 N–H and O–H groups in total. The van der Waals surface area contributed by atoms with Crippen LogP contribution in [0.4, 0.5) is 4.79 Å². The van der Waals surface area contributed by atoms with Gasteiger partial charge in [-0.25, -0.2) is 4.79 Å². The van der Waals surface area contributed by atoms with E-state index in [1.54, 1.807) is 6.08 Å². The maximum absolute atomic E-state index is 12.3. The Kier molecular flexibility index (Phi) is 6.57. The Bertz CT molecular complexity index is 674. The molecule has 6 nitrogen and oxygen atoms in total. The molecule has 0 saturated carbocycles. The highest BCUT2D eigenvalue weighted by atomic mass is 32.2. The Balaban J connectivity index is 1.82. The van der Waals surface area contributed by atoms with Gasteiger partial charge in [0.1, 0.15) is 6.10 Å². The monoisotopic (exact) mass is 409 g/mol. The molecule has 2 fully saturated rings. The fourth-order valence-electron chi connectivity index (χ4n) is 4.01. The average Bonchev–Trinajstić information content (AvgIpc) is 3.03. The van der Waals surface area contributed by atoms with Crippen molar-refractivity contribution in [3.8, 4) is 0 Å². The molecule has 0 radical (unpaired) electrons. The summed E-state index contributed by atoms with van der Waals surface area (Å²) in [5.41, 5.74) is 0.993. The summed E-state index contributed by atoms with van der Waals surface area (Å²) >= 11 is 1.14. The molecule has 2 bridgehead atoms. The van der Waals surface area contributed by atoms with E-state index in [4.69, 9.17) is 9.47 Å². The summed E-state index contributed by atoms with van der Waals surface area (Å²) in [7, 11) is 0. The fourth-order valence-corrected chi connectivity index (χ4v) is 4.89. The van der Waals surface area contributed by atoms with Gasteiger partial charge in [0, 0.05) is 24.7 Å². The third kappa shape index (κ3) is 5.61. The lowest BCUT2D eigenvalue weighted by Gasteiger charge is -2.44. The van der Waals surface area contributed by atoms with Crippen LogP contribution in [0.25, 0.3) is 0 Å². The van der Waals surface area contributed by atoms with Crippen molar-refractivity contribution in [2.24, 2.45) is 5.41 Å². The molecule has 28 heavy (non-hydrogen) atoms. The summed E-state index contributed by atoms with van der Waals surface area (Å²) < 4.78 is 11.8. The van der Waals surface area contributed by atoms with Crippen LogP contribution in [0.15, 0.2) is 23.8 Å². The zero-order valence-electron chi connectivity index (χ0n) is 16.9. The van der Waals surface area contributed by atoms with Crippen LogP contribution < -0.4 is 5.32 Å². The lowest BCUT2D eigenvalue weighted by Crippen LogP contribution is -2.58. The molecule has 2 saturated heterocycles. The predicted molar refractivity (Wildman–Crippen MR) is 109 cm³/mol. The Morgan fingerprint density at radius 2 is 2.07 bits per heavy atom. The molecule has 0 aliphatic carbocycles. The van der Waals surface area contributed by atoms with E-state index in [1.165, 1.54) is 0 Å². The highest BCUT2D eigenvalue weighted by molar-refractivity contribution is 8.14. The standard InChI is InChI=1S/C21H31NO5S/c1-14-6-4-5-8-20(2,3)9-7-15-11-16(26-18(23)10-14)12-21(25,27-15)17-13-28-19(24)22-17/h5,8,10,15-17,25H,4,6-7,9,11-13H2,1-3H3,(H,22,24)/b8-5-,14-10-/t15-,16?,17?,21?/m1/s1. The van der Waals surface area contributed by atoms with Crippen LogP contribution in [0.2, 0.25) is 0 Å². The van der Waals surface area contributed by atoms with Gasteiger partial charge in [-0.1, -0.05) is 43.3 Å². The molecule has 7 heteroatoms. The number of carbonyl (C=O) groups is 2. The highest BCUT2D eigenvalue weighted by Gasteiger charge is 2.49. The number of hydrogen-bond donors (Lipinski definition) is 2. The molecule has 3 aliphatic heterocycles. The summed E-state index contributed by atoms with van der Waals surface area (Å²) in [5, 5.41) is 13.8. The molecule has 3 aliphatic rings. The normalized spacial score (nSPS) is 39.9. The van der Waals surface area contributed by atoms with E-state index in [2.05, 4.69) is 31.3 Å². The number of aliphatic hydroxyl groups is 1. The number of hydrogen-bond acceptors (Lipinski definition) is 6. The summed E-state index contributed by atoms with van der Waals surface area (Å²) in [4.78, 5) is 24.0. The number of esters is 1.